The Morgan fingerprint density at radius 2 is 1.81 bits per heavy atom. The van der Waals surface area contributed by atoms with Crippen molar-refractivity contribution < 1.29 is 18.0 Å². The molecule has 0 saturated heterocycles. The molecular formula is C19H19N3O4S. The van der Waals surface area contributed by atoms with Gasteiger partial charge in [0.2, 0.25) is 10.0 Å². The number of sulfonamides is 1. The second kappa shape index (κ2) is 7.24. The van der Waals surface area contributed by atoms with Gasteiger partial charge in [-0.05, 0) is 35.9 Å². The summed E-state index contributed by atoms with van der Waals surface area (Å²) >= 11 is 0. The third-order valence-electron chi connectivity index (χ3n) is 3.85. The number of nitrogens with zero attached hydrogens (tertiary/aromatic N) is 2. The fourth-order valence-electron chi connectivity index (χ4n) is 2.60. The van der Waals surface area contributed by atoms with Crippen molar-refractivity contribution in [3.05, 3.63) is 65.2 Å². The predicted molar refractivity (Wildman–Crippen MR) is 106 cm³/mol. The summed E-state index contributed by atoms with van der Waals surface area (Å²) in [5.41, 5.74) is 3.49. The number of nitrogens with one attached hydrogen (secondary N) is 1. The first-order valence-corrected chi connectivity index (χ1v) is 9.99. The maximum Gasteiger partial charge on any atom is 0.368 e. The van der Waals surface area contributed by atoms with E-state index in [0.717, 1.165) is 17.5 Å². The molecule has 0 spiro atoms. The SMILES string of the molecule is CN(C)c1ccc(C=C2C(=O)ON=C2c2cccc(NS(C)(=O)=O)c2)cc1. The Morgan fingerprint density at radius 3 is 2.44 bits per heavy atom. The summed E-state index contributed by atoms with van der Waals surface area (Å²) in [6, 6.07) is 14.3. The van der Waals surface area contributed by atoms with Crippen molar-refractivity contribution in [2.75, 3.05) is 30.0 Å². The van der Waals surface area contributed by atoms with E-state index in [1.807, 2.05) is 43.3 Å². The van der Waals surface area contributed by atoms with Gasteiger partial charge in [0.05, 0.1) is 11.8 Å². The van der Waals surface area contributed by atoms with Crippen LogP contribution in [0, 0.1) is 0 Å². The van der Waals surface area contributed by atoms with Crippen LogP contribution in [0.2, 0.25) is 0 Å². The molecule has 140 valence electrons. The fraction of sp³-hybridized carbons (Fsp3) is 0.158. The first kappa shape index (κ1) is 18.7. The highest BCUT2D eigenvalue weighted by Gasteiger charge is 2.27. The molecule has 1 heterocycles. The molecule has 0 fully saturated rings. The number of rotatable bonds is 5. The van der Waals surface area contributed by atoms with Crippen LogP contribution in [0.25, 0.3) is 6.08 Å². The lowest BCUT2D eigenvalue weighted by molar-refractivity contribution is -0.136. The lowest BCUT2D eigenvalue weighted by Crippen LogP contribution is -2.11. The van der Waals surface area contributed by atoms with E-state index < -0.39 is 16.0 Å². The van der Waals surface area contributed by atoms with E-state index in [1.54, 1.807) is 30.3 Å². The number of hydrogen-bond acceptors (Lipinski definition) is 6. The average Bonchev–Trinajstić information content (AvgIpc) is 2.95. The van der Waals surface area contributed by atoms with Crippen LogP contribution in [0.4, 0.5) is 11.4 Å². The minimum Gasteiger partial charge on any atom is -0.378 e. The highest BCUT2D eigenvalue weighted by molar-refractivity contribution is 7.92. The minimum absolute atomic E-state index is 0.309. The highest BCUT2D eigenvalue weighted by atomic mass is 32.2. The van der Waals surface area contributed by atoms with Crippen molar-refractivity contribution in [1.82, 2.24) is 0 Å². The molecule has 0 bridgehead atoms. The molecule has 2 aromatic rings. The zero-order valence-electron chi connectivity index (χ0n) is 15.1. The second-order valence-electron chi connectivity index (χ2n) is 6.32. The first-order valence-electron chi connectivity index (χ1n) is 8.10. The molecule has 8 heteroatoms. The molecule has 0 aliphatic carbocycles. The monoisotopic (exact) mass is 385 g/mol. The van der Waals surface area contributed by atoms with Gasteiger partial charge in [0.25, 0.3) is 0 Å². The molecule has 3 rings (SSSR count). The van der Waals surface area contributed by atoms with E-state index in [4.69, 9.17) is 4.84 Å². The summed E-state index contributed by atoms with van der Waals surface area (Å²) in [7, 11) is 0.489. The molecule has 0 amide bonds. The van der Waals surface area contributed by atoms with Crippen LogP contribution in [0.1, 0.15) is 11.1 Å². The minimum atomic E-state index is -3.41. The lowest BCUT2D eigenvalue weighted by atomic mass is 10.00. The van der Waals surface area contributed by atoms with E-state index in [1.165, 1.54) is 0 Å². The zero-order valence-corrected chi connectivity index (χ0v) is 15.9. The molecule has 0 saturated carbocycles. The smallest absolute Gasteiger partial charge is 0.368 e. The van der Waals surface area contributed by atoms with Gasteiger partial charge in [0.15, 0.2) is 0 Å². The van der Waals surface area contributed by atoms with Gasteiger partial charge in [-0.2, -0.15) is 0 Å². The molecule has 1 N–H and O–H groups in total. The van der Waals surface area contributed by atoms with Crippen LogP contribution in [-0.4, -0.2) is 40.4 Å². The van der Waals surface area contributed by atoms with Crippen LogP contribution in [0.15, 0.2) is 59.3 Å². The number of anilines is 2. The number of carbonyl (C=O) groups is 1. The van der Waals surface area contributed by atoms with Gasteiger partial charge < -0.3 is 9.74 Å². The third kappa shape index (κ3) is 4.53. The summed E-state index contributed by atoms with van der Waals surface area (Å²) in [4.78, 5) is 18.9. The van der Waals surface area contributed by atoms with Crippen molar-refractivity contribution in [2.45, 2.75) is 0 Å². The largest absolute Gasteiger partial charge is 0.378 e. The van der Waals surface area contributed by atoms with Crippen LogP contribution >= 0.6 is 0 Å². The van der Waals surface area contributed by atoms with Crippen molar-refractivity contribution in [1.29, 1.82) is 0 Å². The Labute approximate surface area is 158 Å². The van der Waals surface area contributed by atoms with Crippen LogP contribution < -0.4 is 9.62 Å². The van der Waals surface area contributed by atoms with Crippen LogP contribution in [-0.2, 0) is 19.7 Å². The summed E-state index contributed by atoms with van der Waals surface area (Å²) in [6.45, 7) is 0. The molecule has 1 aliphatic heterocycles. The van der Waals surface area contributed by atoms with Gasteiger partial charge in [0.1, 0.15) is 5.71 Å². The van der Waals surface area contributed by atoms with Crippen LogP contribution in [0.5, 0.6) is 0 Å². The zero-order chi connectivity index (χ0) is 19.6. The standard InChI is InChI=1S/C19H19N3O4S/c1-22(2)16-9-7-13(8-10-16)11-17-18(20-26-19(17)23)14-5-4-6-15(12-14)21-27(3,24)25/h4-12,21H,1-3H3. The van der Waals surface area contributed by atoms with Crippen molar-refractivity contribution in [2.24, 2.45) is 5.16 Å². The van der Waals surface area contributed by atoms with Gasteiger partial charge in [-0.3, -0.25) is 4.72 Å². The van der Waals surface area contributed by atoms with Gasteiger partial charge in [-0.15, -0.1) is 0 Å². The molecular weight excluding hydrogens is 366 g/mol. The maximum absolute atomic E-state index is 12.1. The van der Waals surface area contributed by atoms with Crippen molar-refractivity contribution in [3.8, 4) is 0 Å². The van der Waals surface area contributed by atoms with Gasteiger partial charge >= 0.3 is 5.97 Å². The van der Waals surface area contributed by atoms with Gasteiger partial charge in [-0.25, -0.2) is 13.2 Å². The van der Waals surface area contributed by atoms with Crippen LogP contribution in [0.3, 0.4) is 0 Å². The normalized spacial score (nSPS) is 15.4. The highest BCUT2D eigenvalue weighted by Crippen LogP contribution is 2.23. The number of oxime groups is 1. The van der Waals surface area contributed by atoms with E-state index in [0.29, 0.717) is 22.5 Å². The Hall–Kier alpha value is -3.13. The maximum atomic E-state index is 12.1. The molecule has 2 aromatic carbocycles. The third-order valence-corrected chi connectivity index (χ3v) is 4.46. The summed E-state index contributed by atoms with van der Waals surface area (Å²) in [5.74, 6) is -0.553. The number of carbonyl (C=O) groups excluding carboxylic acids is 1. The lowest BCUT2D eigenvalue weighted by Gasteiger charge is -2.12. The Bertz CT molecular complexity index is 1040. The fourth-order valence-corrected chi connectivity index (χ4v) is 3.15. The van der Waals surface area contributed by atoms with E-state index in [2.05, 4.69) is 9.88 Å². The molecule has 27 heavy (non-hydrogen) atoms. The van der Waals surface area contributed by atoms with E-state index in [-0.39, 0.29) is 0 Å². The quantitative estimate of drug-likeness (QED) is 0.631. The van der Waals surface area contributed by atoms with Crippen molar-refractivity contribution >= 4 is 39.2 Å². The second-order valence-corrected chi connectivity index (χ2v) is 8.07. The molecule has 0 aromatic heterocycles. The van der Waals surface area contributed by atoms with E-state index >= 15 is 0 Å². The number of benzene rings is 2. The molecule has 0 unspecified atom stereocenters. The van der Waals surface area contributed by atoms with Gasteiger partial charge in [0, 0.05) is 31.0 Å². The molecule has 0 radical (unpaired) electrons. The Balaban J connectivity index is 1.94. The molecule has 1 aliphatic rings. The number of hydrogen-bond donors (Lipinski definition) is 1. The van der Waals surface area contributed by atoms with Gasteiger partial charge in [-0.1, -0.05) is 29.4 Å². The Kier molecular flexibility index (Phi) is 5.00. The summed E-state index contributed by atoms with van der Waals surface area (Å²) in [5, 5.41) is 3.86. The predicted octanol–water partition coefficient (Wildman–Crippen LogP) is 2.47. The topological polar surface area (TPSA) is 88.1 Å². The van der Waals surface area contributed by atoms with E-state index in [9.17, 15) is 13.2 Å². The molecule has 7 nitrogen and oxygen atoms in total. The summed E-state index contributed by atoms with van der Waals surface area (Å²) < 4.78 is 25.3. The van der Waals surface area contributed by atoms with Crippen molar-refractivity contribution in [3.63, 3.8) is 0 Å². The Morgan fingerprint density at radius 1 is 1.11 bits per heavy atom. The average molecular weight is 385 g/mol. The first-order chi connectivity index (χ1) is 12.7. The molecule has 0 atom stereocenters. The summed E-state index contributed by atoms with van der Waals surface area (Å²) in [6.07, 6.45) is 2.77.